The van der Waals surface area contributed by atoms with Gasteiger partial charge in [0.1, 0.15) is 11.5 Å². The molecule has 0 aliphatic carbocycles. The zero-order chi connectivity index (χ0) is 16.9. The Hall–Kier alpha value is -2.32. The number of carbonyl (C=O) groups is 1. The molecule has 0 unspecified atom stereocenters. The van der Waals surface area contributed by atoms with E-state index in [-0.39, 0.29) is 30.0 Å². The normalized spacial score (nSPS) is 14.5. The quantitative estimate of drug-likeness (QED) is 0.838. The van der Waals surface area contributed by atoms with Gasteiger partial charge in [-0.25, -0.2) is 4.68 Å². The molecule has 0 spiro atoms. The summed E-state index contributed by atoms with van der Waals surface area (Å²) in [6.07, 6.45) is 3.66. The maximum Gasteiger partial charge on any atom is 0.277 e. The summed E-state index contributed by atoms with van der Waals surface area (Å²) in [7, 11) is 3.12. The highest BCUT2D eigenvalue weighted by Gasteiger charge is 2.19. The minimum atomic E-state index is -0.321. The molecule has 1 aromatic carbocycles. The zero-order valence-corrected chi connectivity index (χ0v) is 15.0. The van der Waals surface area contributed by atoms with Crippen LogP contribution in [0.15, 0.2) is 24.4 Å². The molecule has 2 aromatic rings. The summed E-state index contributed by atoms with van der Waals surface area (Å²) in [6, 6.07) is 5.48. The van der Waals surface area contributed by atoms with Crippen molar-refractivity contribution in [2.45, 2.75) is 18.9 Å². The van der Waals surface area contributed by atoms with Crippen LogP contribution in [0.5, 0.6) is 11.5 Å². The van der Waals surface area contributed by atoms with Crippen LogP contribution in [0.2, 0.25) is 0 Å². The number of halogens is 1. The molecule has 1 aliphatic heterocycles. The van der Waals surface area contributed by atoms with E-state index in [2.05, 4.69) is 20.9 Å². The highest BCUT2D eigenvalue weighted by molar-refractivity contribution is 6.03. The van der Waals surface area contributed by atoms with E-state index in [0.29, 0.717) is 17.2 Å². The number of rotatable bonds is 5. The van der Waals surface area contributed by atoms with Crippen LogP contribution in [0.4, 0.5) is 5.69 Å². The lowest BCUT2D eigenvalue weighted by Crippen LogP contribution is -2.29. The Balaban J connectivity index is 0.00000225. The summed E-state index contributed by atoms with van der Waals surface area (Å²) in [5.74, 6) is 0.855. The number of hydrogen-bond donors (Lipinski definition) is 2. The minimum Gasteiger partial charge on any atom is -0.497 e. The van der Waals surface area contributed by atoms with E-state index in [1.807, 2.05) is 0 Å². The number of piperidine rings is 1. The van der Waals surface area contributed by atoms with E-state index in [1.54, 1.807) is 36.2 Å². The van der Waals surface area contributed by atoms with Gasteiger partial charge in [0, 0.05) is 6.07 Å². The van der Waals surface area contributed by atoms with Gasteiger partial charge in [-0.1, -0.05) is 5.21 Å². The topological polar surface area (TPSA) is 90.3 Å². The largest absolute Gasteiger partial charge is 0.497 e. The number of carbonyl (C=O) groups excluding carboxylic acids is 1. The van der Waals surface area contributed by atoms with Crippen LogP contribution in [-0.4, -0.2) is 48.2 Å². The second-order valence-corrected chi connectivity index (χ2v) is 5.59. The standard InChI is InChI=1S/C16H21N5O3.ClH/c1-23-12-3-4-13(15(9-12)24-2)18-16(22)14-10-21(20-19-14)11-5-7-17-8-6-11;/h3-4,9-11,17H,5-8H2,1-2H3,(H,18,22);1H. The van der Waals surface area contributed by atoms with Gasteiger partial charge in [-0.15, -0.1) is 17.5 Å². The summed E-state index contributed by atoms with van der Waals surface area (Å²) >= 11 is 0. The zero-order valence-electron chi connectivity index (χ0n) is 14.2. The van der Waals surface area contributed by atoms with Crippen molar-refractivity contribution in [3.8, 4) is 11.5 Å². The van der Waals surface area contributed by atoms with Crippen molar-refractivity contribution in [2.75, 3.05) is 32.6 Å². The number of ether oxygens (including phenoxy) is 2. The first-order valence-corrected chi connectivity index (χ1v) is 7.87. The monoisotopic (exact) mass is 367 g/mol. The van der Waals surface area contributed by atoms with E-state index in [0.717, 1.165) is 25.9 Å². The molecule has 1 aliphatic rings. The second kappa shape index (κ2) is 8.68. The van der Waals surface area contributed by atoms with Crippen molar-refractivity contribution in [2.24, 2.45) is 0 Å². The molecule has 1 fully saturated rings. The average Bonchev–Trinajstić information content (AvgIpc) is 3.13. The van der Waals surface area contributed by atoms with Gasteiger partial charge in [0.2, 0.25) is 0 Å². The molecule has 136 valence electrons. The maximum atomic E-state index is 12.4. The third-order valence-electron chi connectivity index (χ3n) is 4.08. The van der Waals surface area contributed by atoms with Crippen molar-refractivity contribution in [1.82, 2.24) is 20.3 Å². The van der Waals surface area contributed by atoms with Crippen molar-refractivity contribution in [3.63, 3.8) is 0 Å². The van der Waals surface area contributed by atoms with Crippen LogP contribution in [0.3, 0.4) is 0 Å². The van der Waals surface area contributed by atoms with E-state index in [9.17, 15) is 4.79 Å². The lowest BCUT2D eigenvalue weighted by Gasteiger charge is -2.22. The van der Waals surface area contributed by atoms with Gasteiger partial charge in [0.15, 0.2) is 5.69 Å². The molecule has 9 heteroatoms. The maximum absolute atomic E-state index is 12.4. The number of amides is 1. The fraction of sp³-hybridized carbons (Fsp3) is 0.438. The van der Waals surface area contributed by atoms with Gasteiger partial charge in [-0.2, -0.15) is 0 Å². The van der Waals surface area contributed by atoms with Crippen LogP contribution in [0.25, 0.3) is 0 Å². The van der Waals surface area contributed by atoms with Gasteiger partial charge in [0.25, 0.3) is 5.91 Å². The minimum absolute atomic E-state index is 0. The molecule has 8 nitrogen and oxygen atoms in total. The lowest BCUT2D eigenvalue weighted by atomic mass is 10.1. The van der Waals surface area contributed by atoms with E-state index in [4.69, 9.17) is 9.47 Å². The molecule has 1 saturated heterocycles. The SMILES string of the molecule is COc1ccc(NC(=O)c2cn(C3CCNCC3)nn2)c(OC)c1.Cl. The number of nitrogens with zero attached hydrogens (tertiary/aromatic N) is 3. The summed E-state index contributed by atoms with van der Waals surface area (Å²) < 4.78 is 12.2. The third-order valence-corrected chi connectivity index (χ3v) is 4.08. The highest BCUT2D eigenvalue weighted by atomic mass is 35.5. The van der Waals surface area contributed by atoms with E-state index in [1.165, 1.54) is 7.11 Å². The molecule has 0 saturated carbocycles. The summed E-state index contributed by atoms with van der Waals surface area (Å²) in [6.45, 7) is 1.91. The van der Waals surface area contributed by atoms with Crippen LogP contribution >= 0.6 is 12.4 Å². The first-order chi connectivity index (χ1) is 11.7. The van der Waals surface area contributed by atoms with Crippen LogP contribution in [0, 0.1) is 0 Å². The Morgan fingerprint density at radius 3 is 2.72 bits per heavy atom. The molecule has 1 aromatic heterocycles. The smallest absolute Gasteiger partial charge is 0.277 e. The molecular formula is C16H22ClN5O3. The molecular weight excluding hydrogens is 346 g/mol. The first-order valence-electron chi connectivity index (χ1n) is 7.87. The fourth-order valence-electron chi connectivity index (χ4n) is 2.72. The van der Waals surface area contributed by atoms with Gasteiger partial charge in [-0.05, 0) is 38.1 Å². The predicted molar refractivity (Wildman–Crippen MR) is 95.9 cm³/mol. The Bertz CT molecular complexity index is 716. The molecule has 3 rings (SSSR count). The molecule has 2 N–H and O–H groups in total. The summed E-state index contributed by atoms with van der Waals surface area (Å²) in [5.41, 5.74) is 0.839. The molecule has 0 radical (unpaired) electrons. The van der Waals surface area contributed by atoms with Crippen LogP contribution < -0.4 is 20.1 Å². The number of nitrogens with one attached hydrogen (secondary N) is 2. The highest BCUT2D eigenvalue weighted by Crippen LogP contribution is 2.29. The number of methoxy groups -OCH3 is 2. The Kier molecular flexibility index (Phi) is 6.60. The van der Waals surface area contributed by atoms with Crippen LogP contribution in [-0.2, 0) is 0 Å². The number of benzene rings is 1. The lowest BCUT2D eigenvalue weighted by molar-refractivity contribution is 0.102. The van der Waals surface area contributed by atoms with Crippen molar-refractivity contribution in [1.29, 1.82) is 0 Å². The predicted octanol–water partition coefficient (Wildman–Crippen LogP) is 1.89. The third kappa shape index (κ3) is 4.40. The van der Waals surface area contributed by atoms with Crippen molar-refractivity contribution in [3.05, 3.63) is 30.1 Å². The number of aromatic nitrogens is 3. The van der Waals surface area contributed by atoms with E-state index < -0.39 is 0 Å². The Morgan fingerprint density at radius 2 is 2.04 bits per heavy atom. The van der Waals surface area contributed by atoms with Crippen molar-refractivity contribution >= 4 is 24.0 Å². The molecule has 0 atom stereocenters. The second-order valence-electron chi connectivity index (χ2n) is 5.59. The molecule has 2 heterocycles. The Morgan fingerprint density at radius 1 is 1.28 bits per heavy atom. The van der Waals surface area contributed by atoms with Gasteiger partial charge >= 0.3 is 0 Å². The molecule has 0 bridgehead atoms. The molecule has 1 amide bonds. The first kappa shape index (κ1) is 19.0. The van der Waals surface area contributed by atoms with Gasteiger partial charge < -0.3 is 20.1 Å². The number of hydrogen-bond acceptors (Lipinski definition) is 6. The fourth-order valence-corrected chi connectivity index (χ4v) is 2.72. The van der Waals surface area contributed by atoms with Gasteiger partial charge in [0.05, 0.1) is 32.1 Å². The molecule has 25 heavy (non-hydrogen) atoms. The average molecular weight is 368 g/mol. The summed E-state index contributed by atoms with van der Waals surface area (Å²) in [5, 5.41) is 14.2. The van der Waals surface area contributed by atoms with Gasteiger partial charge in [-0.3, -0.25) is 4.79 Å². The summed E-state index contributed by atoms with van der Waals surface area (Å²) in [4.78, 5) is 12.4. The Labute approximate surface area is 152 Å². The van der Waals surface area contributed by atoms with E-state index >= 15 is 0 Å². The van der Waals surface area contributed by atoms with Crippen molar-refractivity contribution < 1.29 is 14.3 Å². The van der Waals surface area contributed by atoms with Crippen LogP contribution in [0.1, 0.15) is 29.4 Å². The number of anilines is 1.